The van der Waals surface area contributed by atoms with E-state index in [1.807, 2.05) is 60.7 Å². The van der Waals surface area contributed by atoms with Crippen molar-refractivity contribution >= 4 is 11.8 Å². The molecular formula is C24H24N2O3. The van der Waals surface area contributed by atoms with Crippen LogP contribution in [0.25, 0.3) is 11.1 Å². The lowest BCUT2D eigenvalue weighted by atomic mass is 10.1. The van der Waals surface area contributed by atoms with Crippen LogP contribution < -0.4 is 15.4 Å². The van der Waals surface area contributed by atoms with Gasteiger partial charge in [0.05, 0.1) is 6.54 Å². The van der Waals surface area contributed by atoms with Crippen molar-refractivity contribution < 1.29 is 14.3 Å². The van der Waals surface area contributed by atoms with E-state index in [-0.39, 0.29) is 24.8 Å². The molecule has 29 heavy (non-hydrogen) atoms. The lowest BCUT2D eigenvalue weighted by molar-refractivity contribution is -0.121. The predicted molar refractivity (Wildman–Crippen MR) is 114 cm³/mol. The largest absolute Gasteiger partial charge is 0.491 e. The molecule has 5 heteroatoms. The van der Waals surface area contributed by atoms with Gasteiger partial charge in [0.2, 0.25) is 5.91 Å². The van der Waals surface area contributed by atoms with Crippen LogP contribution in [0.1, 0.15) is 16.8 Å². The van der Waals surface area contributed by atoms with Gasteiger partial charge in [-0.3, -0.25) is 9.59 Å². The molecule has 0 fully saturated rings. The number of hydrogen-bond acceptors (Lipinski definition) is 3. The lowest BCUT2D eigenvalue weighted by Crippen LogP contribution is -2.32. The summed E-state index contributed by atoms with van der Waals surface area (Å²) in [7, 11) is 0. The van der Waals surface area contributed by atoms with Crippen molar-refractivity contribution in [3.63, 3.8) is 0 Å². The summed E-state index contributed by atoms with van der Waals surface area (Å²) >= 11 is 0. The number of benzene rings is 3. The Hall–Kier alpha value is -3.60. The second-order valence-corrected chi connectivity index (χ2v) is 6.43. The van der Waals surface area contributed by atoms with Crippen LogP contribution in [0.15, 0.2) is 84.9 Å². The zero-order valence-electron chi connectivity index (χ0n) is 16.1. The molecule has 0 saturated carbocycles. The van der Waals surface area contributed by atoms with E-state index in [9.17, 15) is 9.59 Å². The van der Waals surface area contributed by atoms with Gasteiger partial charge in [-0.15, -0.1) is 0 Å². The molecule has 3 aromatic carbocycles. The van der Waals surface area contributed by atoms with Gasteiger partial charge in [0, 0.05) is 24.1 Å². The second-order valence-electron chi connectivity index (χ2n) is 6.43. The third-order valence-electron chi connectivity index (χ3n) is 4.33. The van der Waals surface area contributed by atoms with Gasteiger partial charge < -0.3 is 15.4 Å². The van der Waals surface area contributed by atoms with Crippen LogP contribution >= 0.6 is 0 Å². The number of hydrogen-bond donors (Lipinski definition) is 2. The minimum absolute atomic E-state index is 0.127. The Morgan fingerprint density at radius 3 is 2.14 bits per heavy atom. The first-order chi connectivity index (χ1) is 14.2. The first kappa shape index (κ1) is 20.1. The Balaban J connectivity index is 1.38. The molecule has 148 valence electrons. The minimum atomic E-state index is -0.181. The van der Waals surface area contributed by atoms with Gasteiger partial charge in [-0.2, -0.15) is 0 Å². The molecule has 0 aliphatic rings. The van der Waals surface area contributed by atoms with E-state index in [0.29, 0.717) is 18.7 Å². The number of amides is 2. The molecule has 0 spiro atoms. The first-order valence-electron chi connectivity index (χ1n) is 9.61. The molecule has 0 saturated heterocycles. The highest BCUT2D eigenvalue weighted by atomic mass is 16.5. The predicted octanol–water partition coefficient (Wildman–Crippen LogP) is 3.67. The summed E-state index contributed by atoms with van der Waals surface area (Å²) in [4.78, 5) is 23.9. The topological polar surface area (TPSA) is 67.4 Å². The SMILES string of the molecule is O=C(CCNC(=O)c1ccccc1)NCCOc1ccccc1-c1ccccc1. The maximum atomic E-state index is 11.9. The highest BCUT2D eigenvalue weighted by Crippen LogP contribution is 2.29. The number of nitrogens with one attached hydrogen (secondary N) is 2. The van der Waals surface area contributed by atoms with Crippen molar-refractivity contribution in [1.29, 1.82) is 0 Å². The molecule has 0 unspecified atom stereocenters. The molecule has 2 N–H and O–H groups in total. The molecule has 0 radical (unpaired) electrons. The fourth-order valence-electron chi connectivity index (χ4n) is 2.87. The van der Waals surface area contributed by atoms with E-state index in [4.69, 9.17) is 4.74 Å². The standard InChI is InChI=1S/C24H24N2O3/c27-23(15-16-26-24(28)20-11-5-2-6-12-20)25-17-18-29-22-14-8-7-13-21(22)19-9-3-1-4-10-19/h1-14H,15-18H2,(H,25,27)(H,26,28). The van der Waals surface area contributed by atoms with E-state index in [0.717, 1.165) is 16.9 Å². The van der Waals surface area contributed by atoms with Gasteiger partial charge in [-0.25, -0.2) is 0 Å². The summed E-state index contributed by atoms with van der Waals surface area (Å²) in [6.07, 6.45) is 0.221. The summed E-state index contributed by atoms with van der Waals surface area (Å²) in [6.45, 7) is 1.05. The number of carbonyl (C=O) groups excluding carboxylic acids is 2. The van der Waals surface area contributed by atoms with Crippen molar-refractivity contribution in [2.45, 2.75) is 6.42 Å². The Morgan fingerprint density at radius 2 is 1.38 bits per heavy atom. The van der Waals surface area contributed by atoms with Crippen LogP contribution in [0, 0.1) is 0 Å². The fourth-order valence-corrected chi connectivity index (χ4v) is 2.87. The Bertz CT molecular complexity index is 927. The van der Waals surface area contributed by atoms with Crippen molar-refractivity contribution in [3.8, 4) is 16.9 Å². The van der Waals surface area contributed by atoms with Crippen LogP contribution in [0.2, 0.25) is 0 Å². The molecule has 0 heterocycles. The minimum Gasteiger partial charge on any atom is -0.491 e. The van der Waals surface area contributed by atoms with Crippen LogP contribution in [-0.4, -0.2) is 31.5 Å². The van der Waals surface area contributed by atoms with E-state index in [1.165, 1.54) is 0 Å². The Kier molecular flexibility index (Phi) is 7.41. The highest BCUT2D eigenvalue weighted by molar-refractivity contribution is 5.94. The molecule has 0 aliphatic carbocycles. The molecular weight excluding hydrogens is 364 g/mol. The Morgan fingerprint density at radius 1 is 0.724 bits per heavy atom. The quantitative estimate of drug-likeness (QED) is 0.550. The van der Waals surface area contributed by atoms with Gasteiger partial charge in [-0.1, -0.05) is 66.7 Å². The first-order valence-corrected chi connectivity index (χ1v) is 9.61. The summed E-state index contributed by atoms with van der Waals surface area (Å²) in [6, 6.07) is 26.8. The average molecular weight is 388 g/mol. The fraction of sp³-hybridized carbons (Fsp3) is 0.167. The zero-order valence-corrected chi connectivity index (χ0v) is 16.1. The van der Waals surface area contributed by atoms with Crippen molar-refractivity contribution in [3.05, 3.63) is 90.5 Å². The number of ether oxygens (including phenoxy) is 1. The van der Waals surface area contributed by atoms with Crippen LogP contribution in [0.4, 0.5) is 0 Å². The summed E-state index contributed by atoms with van der Waals surface area (Å²) < 4.78 is 5.86. The number of para-hydroxylation sites is 1. The summed E-state index contributed by atoms with van der Waals surface area (Å²) in [5, 5.41) is 5.55. The van der Waals surface area contributed by atoms with Gasteiger partial charge in [-0.05, 0) is 23.8 Å². The average Bonchev–Trinajstić information content (AvgIpc) is 2.78. The van der Waals surface area contributed by atoms with Crippen molar-refractivity contribution in [2.24, 2.45) is 0 Å². The molecule has 2 amide bonds. The maximum Gasteiger partial charge on any atom is 0.251 e. The molecule has 0 aromatic heterocycles. The molecule has 3 rings (SSSR count). The third kappa shape index (κ3) is 6.21. The molecule has 5 nitrogen and oxygen atoms in total. The third-order valence-corrected chi connectivity index (χ3v) is 4.33. The van der Waals surface area contributed by atoms with Crippen LogP contribution in [-0.2, 0) is 4.79 Å². The van der Waals surface area contributed by atoms with Crippen molar-refractivity contribution in [1.82, 2.24) is 10.6 Å². The summed E-state index contributed by atoms with van der Waals surface area (Å²) in [5.74, 6) is 0.473. The van der Waals surface area contributed by atoms with Crippen LogP contribution in [0.5, 0.6) is 5.75 Å². The van der Waals surface area contributed by atoms with Gasteiger partial charge in [0.15, 0.2) is 0 Å². The van der Waals surface area contributed by atoms with E-state index >= 15 is 0 Å². The van der Waals surface area contributed by atoms with Gasteiger partial charge in [0.25, 0.3) is 5.91 Å². The summed E-state index contributed by atoms with van der Waals surface area (Å²) in [5.41, 5.74) is 2.68. The number of carbonyl (C=O) groups is 2. The molecule has 0 atom stereocenters. The molecule has 3 aromatic rings. The van der Waals surface area contributed by atoms with E-state index in [2.05, 4.69) is 10.6 Å². The van der Waals surface area contributed by atoms with E-state index < -0.39 is 0 Å². The monoisotopic (exact) mass is 388 g/mol. The van der Waals surface area contributed by atoms with Crippen LogP contribution in [0.3, 0.4) is 0 Å². The normalized spacial score (nSPS) is 10.2. The van der Waals surface area contributed by atoms with Gasteiger partial charge in [0.1, 0.15) is 12.4 Å². The second kappa shape index (κ2) is 10.7. The maximum absolute atomic E-state index is 11.9. The van der Waals surface area contributed by atoms with Crippen molar-refractivity contribution in [2.75, 3.05) is 19.7 Å². The molecule has 0 bridgehead atoms. The lowest BCUT2D eigenvalue weighted by Gasteiger charge is -2.12. The zero-order chi connectivity index (χ0) is 20.3. The van der Waals surface area contributed by atoms with Gasteiger partial charge >= 0.3 is 0 Å². The van der Waals surface area contributed by atoms with E-state index in [1.54, 1.807) is 24.3 Å². The smallest absolute Gasteiger partial charge is 0.251 e. The molecule has 0 aliphatic heterocycles. The highest BCUT2D eigenvalue weighted by Gasteiger charge is 2.07. The number of rotatable bonds is 9. The Labute approximate surface area is 170 Å².